The number of anilines is 1. The van der Waals surface area contributed by atoms with Gasteiger partial charge in [-0.1, -0.05) is 0 Å². The van der Waals surface area contributed by atoms with Gasteiger partial charge in [0.25, 0.3) is 0 Å². The van der Waals surface area contributed by atoms with Crippen LogP contribution < -0.4 is 4.90 Å². The van der Waals surface area contributed by atoms with Crippen molar-refractivity contribution in [2.75, 3.05) is 11.4 Å². The molecule has 3 rings (SSSR count). The molecule has 1 N–H and O–H groups in total. The molecule has 4 nitrogen and oxygen atoms in total. The lowest BCUT2D eigenvalue weighted by atomic mass is 10.1. The number of carbonyl (C=O) groups is 1. The second-order valence-corrected chi connectivity index (χ2v) is 5.63. The van der Waals surface area contributed by atoms with Crippen molar-refractivity contribution in [3.05, 3.63) is 34.7 Å². The second kappa shape index (κ2) is 5.01. The maximum absolute atomic E-state index is 14.2. The van der Waals surface area contributed by atoms with Crippen molar-refractivity contribution in [1.29, 1.82) is 0 Å². The highest BCUT2D eigenvalue weighted by Crippen LogP contribution is 2.35. The SMILES string of the molecule is O=C(O)[C@H]1CCCN1c1ccnc2c(Br)ccc(F)c12. The summed E-state index contributed by atoms with van der Waals surface area (Å²) in [5.74, 6) is -1.26. The molecule has 1 aliphatic rings. The predicted molar refractivity (Wildman–Crippen MR) is 77.4 cm³/mol. The van der Waals surface area contributed by atoms with Gasteiger partial charge < -0.3 is 10.0 Å². The van der Waals surface area contributed by atoms with E-state index in [9.17, 15) is 14.3 Å². The number of hydrogen-bond donors (Lipinski definition) is 1. The highest BCUT2D eigenvalue weighted by molar-refractivity contribution is 9.10. The molecular weight excluding hydrogens is 327 g/mol. The van der Waals surface area contributed by atoms with Crippen LogP contribution in [0.15, 0.2) is 28.9 Å². The van der Waals surface area contributed by atoms with Gasteiger partial charge in [-0.15, -0.1) is 0 Å². The van der Waals surface area contributed by atoms with Crippen LogP contribution in [0, 0.1) is 5.82 Å². The number of rotatable bonds is 2. The Morgan fingerprint density at radius 1 is 1.45 bits per heavy atom. The molecule has 1 aromatic heterocycles. The molecule has 1 aliphatic heterocycles. The van der Waals surface area contributed by atoms with Crippen LogP contribution in [-0.2, 0) is 4.79 Å². The Morgan fingerprint density at radius 2 is 2.25 bits per heavy atom. The van der Waals surface area contributed by atoms with Crippen LogP contribution in [0.25, 0.3) is 10.9 Å². The summed E-state index contributed by atoms with van der Waals surface area (Å²) in [4.78, 5) is 17.2. The summed E-state index contributed by atoms with van der Waals surface area (Å²) >= 11 is 3.35. The molecule has 0 saturated carbocycles. The Labute approximate surface area is 123 Å². The van der Waals surface area contributed by atoms with Gasteiger partial charge in [-0.25, -0.2) is 9.18 Å². The van der Waals surface area contributed by atoms with Crippen molar-refractivity contribution in [1.82, 2.24) is 4.98 Å². The van der Waals surface area contributed by atoms with Crippen LogP contribution in [0.4, 0.5) is 10.1 Å². The Morgan fingerprint density at radius 3 is 3.00 bits per heavy atom. The maximum Gasteiger partial charge on any atom is 0.326 e. The maximum atomic E-state index is 14.2. The summed E-state index contributed by atoms with van der Waals surface area (Å²) in [6.45, 7) is 0.613. The number of carboxylic acid groups (broad SMARTS) is 1. The van der Waals surface area contributed by atoms with E-state index in [1.807, 2.05) is 0 Å². The number of fused-ring (bicyclic) bond motifs is 1. The fourth-order valence-corrected chi connectivity index (χ4v) is 3.16. The van der Waals surface area contributed by atoms with Crippen LogP contribution in [-0.4, -0.2) is 28.6 Å². The zero-order chi connectivity index (χ0) is 14.3. The molecule has 0 bridgehead atoms. The van der Waals surface area contributed by atoms with E-state index in [1.54, 1.807) is 23.2 Å². The number of pyridine rings is 1. The first-order valence-corrected chi connectivity index (χ1v) is 7.11. The van der Waals surface area contributed by atoms with Crippen molar-refractivity contribution in [2.24, 2.45) is 0 Å². The number of aromatic nitrogens is 1. The Balaban J connectivity index is 2.22. The third kappa shape index (κ3) is 2.04. The fraction of sp³-hybridized carbons (Fsp3) is 0.286. The first kappa shape index (κ1) is 13.3. The van der Waals surface area contributed by atoms with E-state index in [0.717, 1.165) is 6.42 Å². The number of carboxylic acids is 1. The molecule has 1 atom stereocenters. The molecule has 0 radical (unpaired) electrons. The van der Waals surface area contributed by atoms with E-state index >= 15 is 0 Å². The summed E-state index contributed by atoms with van der Waals surface area (Å²) in [5, 5.41) is 9.65. The molecule has 1 aromatic carbocycles. The molecule has 6 heteroatoms. The van der Waals surface area contributed by atoms with Gasteiger partial charge in [-0.2, -0.15) is 0 Å². The number of aliphatic carboxylic acids is 1. The van der Waals surface area contributed by atoms with E-state index in [1.165, 1.54) is 6.07 Å². The van der Waals surface area contributed by atoms with E-state index in [2.05, 4.69) is 20.9 Å². The van der Waals surface area contributed by atoms with Crippen LogP contribution in [0.5, 0.6) is 0 Å². The van der Waals surface area contributed by atoms with Gasteiger partial charge in [0.05, 0.1) is 16.6 Å². The first-order chi connectivity index (χ1) is 9.59. The van der Waals surface area contributed by atoms with Crippen LogP contribution in [0.1, 0.15) is 12.8 Å². The van der Waals surface area contributed by atoms with Crippen LogP contribution >= 0.6 is 15.9 Å². The van der Waals surface area contributed by atoms with Crippen molar-refractivity contribution in [3.63, 3.8) is 0 Å². The molecule has 2 aromatic rings. The summed E-state index contributed by atoms with van der Waals surface area (Å²) in [6.07, 6.45) is 2.95. The average Bonchev–Trinajstić information content (AvgIpc) is 2.92. The van der Waals surface area contributed by atoms with Crippen molar-refractivity contribution in [3.8, 4) is 0 Å². The van der Waals surface area contributed by atoms with Gasteiger partial charge in [0.2, 0.25) is 0 Å². The molecule has 1 fully saturated rings. The molecule has 20 heavy (non-hydrogen) atoms. The first-order valence-electron chi connectivity index (χ1n) is 6.32. The van der Waals surface area contributed by atoms with E-state index in [0.29, 0.717) is 34.0 Å². The van der Waals surface area contributed by atoms with Crippen LogP contribution in [0.3, 0.4) is 0 Å². The highest BCUT2D eigenvalue weighted by atomic mass is 79.9. The second-order valence-electron chi connectivity index (χ2n) is 4.77. The largest absolute Gasteiger partial charge is 0.480 e. The Hall–Kier alpha value is -1.69. The number of benzene rings is 1. The van der Waals surface area contributed by atoms with Crippen molar-refractivity contribution >= 4 is 38.5 Å². The summed E-state index contributed by atoms with van der Waals surface area (Å²) in [7, 11) is 0. The van der Waals surface area contributed by atoms with Gasteiger partial charge in [-0.3, -0.25) is 4.98 Å². The minimum absolute atomic E-state index is 0.370. The van der Waals surface area contributed by atoms with E-state index in [4.69, 9.17) is 0 Å². The average molecular weight is 339 g/mol. The number of halogens is 2. The monoisotopic (exact) mass is 338 g/mol. The number of hydrogen-bond acceptors (Lipinski definition) is 3. The third-order valence-corrected chi connectivity index (χ3v) is 4.26. The van der Waals surface area contributed by atoms with E-state index in [-0.39, 0.29) is 5.82 Å². The quantitative estimate of drug-likeness (QED) is 0.913. The topological polar surface area (TPSA) is 53.4 Å². The Bertz CT molecular complexity index is 692. The van der Waals surface area contributed by atoms with E-state index < -0.39 is 12.0 Å². The van der Waals surface area contributed by atoms with Gasteiger partial charge in [0.1, 0.15) is 11.9 Å². The lowest BCUT2D eigenvalue weighted by molar-refractivity contribution is -0.138. The molecule has 0 amide bonds. The lowest BCUT2D eigenvalue weighted by Crippen LogP contribution is -2.36. The standard InChI is InChI=1S/C14H12BrFN2O2/c15-8-3-4-9(16)12-10(5-6-17-13(8)12)18-7-1-2-11(18)14(19)20/h3-6,11H,1-2,7H2,(H,19,20)/t11-/m1/s1. The zero-order valence-electron chi connectivity index (χ0n) is 10.5. The summed E-state index contributed by atoms with van der Waals surface area (Å²) in [6, 6.07) is 4.05. The minimum atomic E-state index is -0.872. The zero-order valence-corrected chi connectivity index (χ0v) is 12.1. The molecule has 0 aliphatic carbocycles. The molecule has 2 heterocycles. The van der Waals surface area contributed by atoms with Crippen LogP contribution in [0.2, 0.25) is 0 Å². The summed E-state index contributed by atoms with van der Waals surface area (Å²) < 4.78 is 14.9. The van der Waals surface area contributed by atoms with Gasteiger partial charge in [0.15, 0.2) is 0 Å². The molecule has 0 spiro atoms. The predicted octanol–water partition coefficient (Wildman–Crippen LogP) is 3.19. The fourth-order valence-electron chi connectivity index (χ4n) is 2.73. The third-order valence-electron chi connectivity index (χ3n) is 3.62. The Kier molecular flexibility index (Phi) is 3.33. The molecule has 1 saturated heterocycles. The van der Waals surface area contributed by atoms with Crippen molar-refractivity contribution in [2.45, 2.75) is 18.9 Å². The van der Waals surface area contributed by atoms with Gasteiger partial charge in [0, 0.05) is 17.2 Å². The molecular formula is C14H12BrFN2O2. The van der Waals surface area contributed by atoms with Crippen molar-refractivity contribution < 1.29 is 14.3 Å². The lowest BCUT2D eigenvalue weighted by Gasteiger charge is -2.25. The summed E-state index contributed by atoms with van der Waals surface area (Å²) in [5.41, 5.74) is 1.11. The van der Waals surface area contributed by atoms with Gasteiger partial charge in [-0.05, 0) is 47.0 Å². The minimum Gasteiger partial charge on any atom is -0.480 e. The highest BCUT2D eigenvalue weighted by Gasteiger charge is 2.32. The molecule has 0 unspecified atom stereocenters. The normalized spacial score (nSPS) is 18.7. The number of nitrogens with zero attached hydrogens (tertiary/aromatic N) is 2. The van der Waals surface area contributed by atoms with Gasteiger partial charge >= 0.3 is 5.97 Å². The molecule has 104 valence electrons. The smallest absolute Gasteiger partial charge is 0.326 e.